The number of benzene rings is 1. The second-order valence-corrected chi connectivity index (χ2v) is 5.14. The summed E-state index contributed by atoms with van der Waals surface area (Å²) in [5.41, 5.74) is 1.73. The molecule has 1 atom stereocenters. The van der Waals surface area contributed by atoms with Crippen LogP contribution in [0.4, 0.5) is 0 Å². The lowest BCUT2D eigenvalue weighted by molar-refractivity contribution is 0.155. The summed E-state index contributed by atoms with van der Waals surface area (Å²) in [6, 6.07) is 7.53. The van der Waals surface area contributed by atoms with Crippen molar-refractivity contribution in [2.45, 2.75) is 26.2 Å². The number of nitrogens with zero attached hydrogens (tertiary/aromatic N) is 1. The number of aromatic nitrogens is 1. The lowest BCUT2D eigenvalue weighted by Gasteiger charge is -2.16. The molecule has 2 rings (SSSR count). The van der Waals surface area contributed by atoms with E-state index in [1.807, 2.05) is 38.2 Å². The summed E-state index contributed by atoms with van der Waals surface area (Å²) in [7, 11) is 3.50. The van der Waals surface area contributed by atoms with Crippen LogP contribution >= 0.6 is 11.6 Å². The zero-order valence-corrected chi connectivity index (χ0v) is 13.1. The predicted octanol–water partition coefficient (Wildman–Crippen LogP) is 3.33. The molecule has 1 heterocycles. The maximum atomic E-state index is 6.05. The average Bonchev–Trinajstić information content (AvgIpc) is 2.93. The number of hydrogen-bond acceptors (Lipinski definition) is 5. The van der Waals surface area contributed by atoms with Crippen LogP contribution in [0.3, 0.4) is 0 Å². The molecule has 0 radical (unpaired) electrons. The van der Waals surface area contributed by atoms with Crippen LogP contribution < -0.4 is 10.1 Å². The lowest BCUT2D eigenvalue weighted by atomic mass is 10.1. The number of rotatable bonds is 7. The Labute approximate surface area is 129 Å². The van der Waals surface area contributed by atoms with Gasteiger partial charge in [0.15, 0.2) is 5.76 Å². The Hall–Kier alpha value is -1.56. The van der Waals surface area contributed by atoms with Gasteiger partial charge in [0.1, 0.15) is 24.7 Å². The van der Waals surface area contributed by atoms with Gasteiger partial charge in [0.05, 0.1) is 0 Å². The van der Waals surface area contributed by atoms with Crippen LogP contribution in [0.1, 0.15) is 30.0 Å². The van der Waals surface area contributed by atoms with Crippen molar-refractivity contribution in [3.05, 3.63) is 46.3 Å². The highest BCUT2D eigenvalue weighted by molar-refractivity contribution is 6.30. The average molecular weight is 311 g/mol. The fourth-order valence-electron chi connectivity index (χ4n) is 1.93. The van der Waals surface area contributed by atoms with Crippen molar-refractivity contribution >= 4 is 11.6 Å². The smallest absolute Gasteiger partial charge is 0.162 e. The molecule has 114 valence electrons. The van der Waals surface area contributed by atoms with E-state index in [-0.39, 0.29) is 6.04 Å². The Bertz CT molecular complexity index is 586. The number of halogens is 1. The van der Waals surface area contributed by atoms with E-state index in [9.17, 15) is 0 Å². The Morgan fingerprint density at radius 2 is 2.14 bits per heavy atom. The van der Waals surface area contributed by atoms with Crippen molar-refractivity contribution in [1.82, 2.24) is 10.5 Å². The van der Waals surface area contributed by atoms with Gasteiger partial charge in [-0.05, 0) is 32.2 Å². The minimum Gasteiger partial charge on any atom is -0.487 e. The van der Waals surface area contributed by atoms with Gasteiger partial charge in [-0.2, -0.15) is 0 Å². The first kappa shape index (κ1) is 15.8. The highest BCUT2D eigenvalue weighted by Gasteiger charge is 2.12. The third-order valence-electron chi connectivity index (χ3n) is 3.14. The summed E-state index contributed by atoms with van der Waals surface area (Å²) in [4.78, 5) is 0. The molecule has 0 fully saturated rings. The molecular weight excluding hydrogens is 292 g/mol. The highest BCUT2D eigenvalue weighted by atomic mass is 35.5. The summed E-state index contributed by atoms with van der Waals surface area (Å²) < 4.78 is 15.9. The Morgan fingerprint density at radius 1 is 1.33 bits per heavy atom. The molecular formula is C15H19ClN2O3. The van der Waals surface area contributed by atoms with Gasteiger partial charge in [-0.1, -0.05) is 16.8 Å². The quantitative estimate of drug-likeness (QED) is 0.850. The molecule has 0 saturated heterocycles. The van der Waals surface area contributed by atoms with E-state index >= 15 is 0 Å². The summed E-state index contributed by atoms with van der Waals surface area (Å²) in [6.07, 6.45) is 0. The fraction of sp³-hybridized carbons (Fsp3) is 0.400. The molecule has 0 aliphatic rings. The summed E-state index contributed by atoms with van der Waals surface area (Å²) in [6.45, 7) is 2.78. The normalized spacial score (nSPS) is 12.4. The molecule has 0 aliphatic heterocycles. The minimum atomic E-state index is 0.139. The minimum absolute atomic E-state index is 0.139. The van der Waals surface area contributed by atoms with Crippen LogP contribution in [0.5, 0.6) is 5.75 Å². The van der Waals surface area contributed by atoms with Gasteiger partial charge in [0.2, 0.25) is 0 Å². The Kier molecular flexibility index (Phi) is 5.61. The van der Waals surface area contributed by atoms with Crippen molar-refractivity contribution in [3.63, 3.8) is 0 Å². The molecule has 1 N–H and O–H groups in total. The first-order chi connectivity index (χ1) is 10.1. The van der Waals surface area contributed by atoms with Crippen LogP contribution in [0.2, 0.25) is 5.02 Å². The first-order valence-electron chi connectivity index (χ1n) is 6.67. The van der Waals surface area contributed by atoms with Gasteiger partial charge in [0.25, 0.3) is 0 Å². The summed E-state index contributed by atoms with van der Waals surface area (Å²) >= 11 is 6.05. The van der Waals surface area contributed by atoms with Crippen LogP contribution in [0.25, 0.3) is 0 Å². The van der Waals surface area contributed by atoms with Crippen molar-refractivity contribution in [2.75, 3.05) is 14.2 Å². The third-order valence-corrected chi connectivity index (χ3v) is 3.38. The zero-order valence-electron chi connectivity index (χ0n) is 12.4. The Morgan fingerprint density at radius 3 is 2.86 bits per heavy atom. The predicted molar refractivity (Wildman–Crippen MR) is 80.5 cm³/mol. The lowest BCUT2D eigenvalue weighted by Crippen LogP contribution is -2.13. The number of methoxy groups -OCH3 is 1. The van der Waals surface area contributed by atoms with E-state index in [1.54, 1.807) is 7.11 Å². The third kappa shape index (κ3) is 4.20. The molecule has 21 heavy (non-hydrogen) atoms. The molecule has 0 saturated carbocycles. The molecule has 0 aliphatic carbocycles. The molecule has 5 nitrogen and oxygen atoms in total. The summed E-state index contributed by atoms with van der Waals surface area (Å²) in [5, 5.41) is 7.80. The number of nitrogens with one attached hydrogen (secondary N) is 1. The molecule has 0 bridgehead atoms. The van der Waals surface area contributed by atoms with Crippen LogP contribution in [0, 0.1) is 0 Å². The number of ether oxygens (including phenoxy) is 2. The molecule has 0 amide bonds. The van der Waals surface area contributed by atoms with E-state index in [1.165, 1.54) is 0 Å². The largest absolute Gasteiger partial charge is 0.487 e. The van der Waals surface area contributed by atoms with Crippen LogP contribution in [-0.4, -0.2) is 19.3 Å². The van der Waals surface area contributed by atoms with Gasteiger partial charge in [-0.3, -0.25) is 0 Å². The van der Waals surface area contributed by atoms with Gasteiger partial charge < -0.3 is 19.3 Å². The van der Waals surface area contributed by atoms with Crippen molar-refractivity contribution < 1.29 is 14.0 Å². The van der Waals surface area contributed by atoms with Crippen molar-refractivity contribution in [2.24, 2.45) is 0 Å². The van der Waals surface area contributed by atoms with Gasteiger partial charge >= 0.3 is 0 Å². The van der Waals surface area contributed by atoms with E-state index in [0.29, 0.717) is 24.0 Å². The van der Waals surface area contributed by atoms with E-state index in [2.05, 4.69) is 10.5 Å². The van der Waals surface area contributed by atoms with E-state index in [0.717, 1.165) is 17.0 Å². The summed E-state index contributed by atoms with van der Waals surface area (Å²) in [5.74, 6) is 1.45. The second kappa shape index (κ2) is 7.45. The molecule has 1 aromatic carbocycles. The fourth-order valence-corrected chi connectivity index (χ4v) is 2.11. The molecule has 2 aromatic rings. The Balaban J connectivity index is 2.08. The van der Waals surface area contributed by atoms with E-state index < -0.39 is 0 Å². The number of hydrogen-bond donors (Lipinski definition) is 1. The van der Waals surface area contributed by atoms with Crippen LogP contribution in [0.15, 0.2) is 28.8 Å². The maximum Gasteiger partial charge on any atom is 0.162 e. The molecule has 6 heteroatoms. The molecule has 1 unspecified atom stereocenters. The topological polar surface area (TPSA) is 56.5 Å². The highest BCUT2D eigenvalue weighted by Crippen LogP contribution is 2.28. The maximum absolute atomic E-state index is 6.05. The second-order valence-electron chi connectivity index (χ2n) is 4.70. The molecule has 1 aromatic heterocycles. The van der Waals surface area contributed by atoms with Gasteiger partial charge in [0, 0.05) is 29.8 Å². The first-order valence-corrected chi connectivity index (χ1v) is 7.04. The standard InChI is InChI=1S/C15H19ClN2O3/c1-10(17-2)14-6-11(16)4-5-15(14)20-8-12-7-13(9-19-3)21-18-12/h4-7,10,17H,8-9H2,1-3H3. The molecule has 0 spiro atoms. The zero-order chi connectivity index (χ0) is 15.2. The van der Waals surface area contributed by atoms with Crippen molar-refractivity contribution in [3.8, 4) is 5.75 Å². The van der Waals surface area contributed by atoms with Crippen molar-refractivity contribution in [1.29, 1.82) is 0 Å². The van der Waals surface area contributed by atoms with Crippen LogP contribution in [-0.2, 0) is 18.0 Å². The van der Waals surface area contributed by atoms with Gasteiger partial charge in [-0.15, -0.1) is 0 Å². The SMILES string of the molecule is CNC(C)c1cc(Cl)ccc1OCc1cc(COC)on1. The van der Waals surface area contributed by atoms with Gasteiger partial charge in [-0.25, -0.2) is 0 Å². The monoisotopic (exact) mass is 310 g/mol. The van der Waals surface area contributed by atoms with E-state index in [4.69, 9.17) is 25.6 Å².